The van der Waals surface area contributed by atoms with Crippen LogP contribution >= 0.6 is 11.8 Å². The molecule has 3 aliphatic rings. The summed E-state index contributed by atoms with van der Waals surface area (Å²) in [6.45, 7) is 6.06. The van der Waals surface area contributed by atoms with Crippen molar-refractivity contribution in [3.05, 3.63) is 64.3 Å². The van der Waals surface area contributed by atoms with Crippen LogP contribution in [-0.2, 0) is 6.42 Å². The zero-order chi connectivity index (χ0) is 23.7. The molecule has 3 heterocycles. The fourth-order valence-electron chi connectivity index (χ4n) is 4.18. The van der Waals surface area contributed by atoms with Gasteiger partial charge in [0.15, 0.2) is 11.6 Å². The van der Waals surface area contributed by atoms with Crippen LogP contribution in [0.3, 0.4) is 0 Å². The molecule has 2 aliphatic heterocycles. The van der Waals surface area contributed by atoms with Crippen LogP contribution in [0.5, 0.6) is 11.8 Å². The second-order valence-corrected chi connectivity index (χ2v) is 9.60. The first-order valence-corrected chi connectivity index (χ1v) is 12.4. The Kier molecular flexibility index (Phi) is 6.36. The van der Waals surface area contributed by atoms with Crippen LogP contribution in [0, 0.1) is 11.6 Å². The van der Waals surface area contributed by atoms with Gasteiger partial charge in [0.1, 0.15) is 23.3 Å². The number of nitrogens with one attached hydrogen (secondary N) is 1. The molecule has 0 atom stereocenters. The van der Waals surface area contributed by atoms with Crippen LogP contribution in [0.25, 0.3) is 6.08 Å². The summed E-state index contributed by atoms with van der Waals surface area (Å²) in [7, 11) is 0. The Balaban J connectivity index is 1.48. The van der Waals surface area contributed by atoms with E-state index in [0.717, 1.165) is 41.8 Å². The lowest BCUT2D eigenvalue weighted by molar-refractivity contribution is 0.406. The second-order valence-electron chi connectivity index (χ2n) is 8.37. The Morgan fingerprint density at radius 2 is 1.97 bits per heavy atom. The fraction of sp³-hybridized carbons (Fsp3) is 0.320. The molecule has 2 aromatic rings. The minimum absolute atomic E-state index is 0.0496. The summed E-state index contributed by atoms with van der Waals surface area (Å²) >= 11 is 1.89. The molecule has 0 spiro atoms. The van der Waals surface area contributed by atoms with Crippen LogP contribution in [0.1, 0.15) is 25.0 Å². The van der Waals surface area contributed by atoms with Gasteiger partial charge in [-0.05, 0) is 31.9 Å². The molecular weight excluding hydrogens is 456 g/mol. The van der Waals surface area contributed by atoms with E-state index in [1.54, 1.807) is 6.08 Å². The fourth-order valence-corrected chi connectivity index (χ4v) is 5.08. The lowest BCUT2D eigenvalue weighted by Crippen LogP contribution is -2.33. The van der Waals surface area contributed by atoms with Crippen LogP contribution < -0.4 is 15.0 Å². The maximum Gasteiger partial charge on any atom is 0.326 e. The molecule has 1 aromatic carbocycles. The number of hydrogen-bond acceptors (Lipinski definition) is 7. The number of rotatable bonds is 5. The zero-order valence-corrected chi connectivity index (χ0v) is 19.9. The first-order valence-electron chi connectivity index (χ1n) is 11.2. The van der Waals surface area contributed by atoms with Crippen molar-refractivity contribution in [3.8, 4) is 11.8 Å². The van der Waals surface area contributed by atoms with Gasteiger partial charge in [0.25, 0.3) is 0 Å². The quantitative estimate of drug-likeness (QED) is 0.618. The highest BCUT2D eigenvalue weighted by molar-refractivity contribution is 7.99. The van der Waals surface area contributed by atoms with Crippen LogP contribution in [-0.4, -0.2) is 46.9 Å². The van der Waals surface area contributed by atoms with E-state index in [-0.39, 0.29) is 17.3 Å². The molecule has 0 unspecified atom stereocenters. The molecule has 0 amide bonds. The molecule has 0 saturated carbocycles. The van der Waals surface area contributed by atoms with Crippen molar-refractivity contribution >= 4 is 35.3 Å². The molecule has 1 fully saturated rings. The third kappa shape index (κ3) is 4.70. The standard InChI is InChI=1S/C25H25F2N5OS/c1-3-4-16-11-21(28-14-16)29-22-13-23(32-5-7-34-8-6-32)31-25(30-22)33-20-12-19(26)17-9-15(2)10-18(17)24(20)27/h3-4,10-13H,5-9,14H2,1-2H3,(H,28,29,30,31)/b4-3+. The van der Waals surface area contributed by atoms with E-state index >= 15 is 4.39 Å². The summed E-state index contributed by atoms with van der Waals surface area (Å²) in [4.78, 5) is 15.6. The summed E-state index contributed by atoms with van der Waals surface area (Å²) in [6.07, 6.45) is 7.97. The molecule has 1 aromatic heterocycles. The number of allylic oxidation sites excluding steroid dienone is 2. The minimum Gasteiger partial charge on any atom is -0.421 e. The summed E-state index contributed by atoms with van der Waals surface area (Å²) < 4.78 is 35.6. The van der Waals surface area contributed by atoms with Gasteiger partial charge < -0.3 is 15.0 Å². The van der Waals surface area contributed by atoms with Gasteiger partial charge >= 0.3 is 6.01 Å². The lowest BCUT2D eigenvalue weighted by Gasteiger charge is -2.27. The van der Waals surface area contributed by atoms with Gasteiger partial charge in [-0.15, -0.1) is 0 Å². The molecule has 9 heteroatoms. The maximum absolute atomic E-state index is 15.2. The molecule has 176 valence electrons. The first-order chi connectivity index (χ1) is 16.5. The number of nitrogens with zero attached hydrogens (tertiary/aromatic N) is 4. The van der Waals surface area contributed by atoms with E-state index in [4.69, 9.17) is 4.74 Å². The monoisotopic (exact) mass is 481 g/mol. The van der Waals surface area contributed by atoms with Gasteiger partial charge in [-0.2, -0.15) is 21.7 Å². The molecular formula is C25H25F2N5OS. The molecule has 1 saturated heterocycles. The number of hydrogen-bond donors (Lipinski definition) is 1. The van der Waals surface area contributed by atoms with Crippen molar-refractivity contribution in [2.24, 2.45) is 4.99 Å². The van der Waals surface area contributed by atoms with Gasteiger partial charge in [0, 0.05) is 47.9 Å². The number of anilines is 2. The molecule has 0 bridgehead atoms. The summed E-state index contributed by atoms with van der Waals surface area (Å²) in [5.74, 6) is 2.47. The number of amidine groups is 1. The minimum atomic E-state index is -0.606. The lowest BCUT2D eigenvalue weighted by atomic mass is 10.1. The van der Waals surface area contributed by atoms with Crippen LogP contribution in [0.15, 0.2) is 46.5 Å². The average molecular weight is 482 g/mol. The third-order valence-electron chi connectivity index (χ3n) is 5.79. The van der Waals surface area contributed by atoms with Gasteiger partial charge in [-0.3, -0.25) is 4.99 Å². The van der Waals surface area contributed by atoms with Crippen LogP contribution in [0.4, 0.5) is 20.4 Å². The van der Waals surface area contributed by atoms with Crippen molar-refractivity contribution < 1.29 is 13.5 Å². The van der Waals surface area contributed by atoms with Crippen molar-refractivity contribution in [2.45, 2.75) is 20.3 Å². The first kappa shape index (κ1) is 22.6. The predicted molar refractivity (Wildman–Crippen MR) is 134 cm³/mol. The van der Waals surface area contributed by atoms with Crippen LogP contribution in [0.2, 0.25) is 0 Å². The highest BCUT2D eigenvalue weighted by Crippen LogP contribution is 2.36. The van der Waals surface area contributed by atoms with Crippen molar-refractivity contribution in [1.82, 2.24) is 9.97 Å². The van der Waals surface area contributed by atoms with Crippen molar-refractivity contribution in [3.63, 3.8) is 0 Å². The van der Waals surface area contributed by atoms with Crippen molar-refractivity contribution in [1.29, 1.82) is 0 Å². The number of benzene rings is 1. The number of thioether (sulfide) groups is 1. The van der Waals surface area contributed by atoms with Gasteiger partial charge in [-0.25, -0.2) is 8.78 Å². The molecule has 1 aliphatic carbocycles. The number of ether oxygens (including phenoxy) is 1. The zero-order valence-electron chi connectivity index (χ0n) is 19.1. The van der Waals surface area contributed by atoms with Crippen molar-refractivity contribution in [2.75, 3.05) is 41.4 Å². The number of fused-ring (bicyclic) bond motifs is 1. The van der Waals surface area contributed by atoms with E-state index in [2.05, 4.69) is 25.2 Å². The SMILES string of the molecule is C/C=C/C1=CC(Nc2cc(N3CCSCC3)nc(Oc3cc(F)c4c(c3F)C=C(C)C4)n2)=NC1. The highest BCUT2D eigenvalue weighted by Gasteiger charge is 2.24. The average Bonchev–Trinajstić information content (AvgIpc) is 3.44. The van der Waals surface area contributed by atoms with E-state index in [1.807, 2.05) is 49.9 Å². The second kappa shape index (κ2) is 9.58. The topological polar surface area (TPSA) is 62.6 Å². The summed E-state index contributed by atoms with van der Waals surface area (Å²) in [6, 6.07) is 2.86. The summed E-state index contributed by atoms with van der Waals surface area (Å²) in [5.41, 5.74) is 2.58. The molecule has 0 radical (unpaired) electrons. The van der Waals surface area contributed by atoms with Gasteiger partial charge in [-0.1, -0.05) is 23.8 Å². The maximum atomic E-state index is 15.2. The smallest absolute Gasteiger partial charge is 0.326 e. The normalized spacial score (nSPS) is 17.5. The Labute approximate surface area is 201 Å². The summed E-state index contributed by atoms with van der Waals surface area (Å²) in [5, 5.41) is 3.21. The van der Waals surface area contributed by atoms with Gasteiger partial charge in [0.2, 0.25) is 0 Å². The predicted octanol–water partition coefficient (Wildman–Crippen LogP) is 5.39. The van der Waals surface area contributed by atoms with E-state index < -0.39 is 11.6 Å². The Bertz CT molecular complexity index is 1250. The molecule has 34 heavy (non-hydrogen) atoms. The van der Waals surface area contributed by atoms with E-state index in [0.29, 0.717) is 36.0 Å². The molecule has 6 nitrogen and oxygen atoms in total. The van der Waals surface area contributed by atoms with E-state index in [1.165, 1.54) is 0 Å². The Hall–Kier alpha value is -3.20. The Morgan fingerprint density at radius 1 is 1.15 bits per heavy atom. The molecule has 5 rings (SSSR count). The molecule has 1 N–H and O–H groups in total. The highest BCUT2D eigenvalue weighted by atomic mass is 32.2. The van der Waals surface area contributed by atoms with E-state index in [9.17, 15) is 4.39 Å². The van der Waals surface area contributed by atoms with Gasteiger partial charge in [0.05, 0.1) is 6.54 Å². The number of aromatic nitrogens is 2. The number of aliphatic imine (C=N–C) groups is 1. The number of halogens is 2. The Morgan fingerprint density at radius 3 is 2.76 bits per heavy atom. The largest absolute Gasteiger partial charge is 0.421 e. The third-order valence-corrected chi connectivity index (χ3v) is 6.73.